The van der Waals surface area contributed by atoms with Gasteiger partial charge in [-0.25, -0.2) is 8.42 Å². The Balaban J connectivity index is 0.00000176. The Bertz CT molecular complexity index is 905. The predicted octanol–water partition coefficient (Wildman–Crippen LogP) is 3.64. The topological polar surface area (TPSA) is 72.2 Å². The van der Waals surface area contributed by atoms with Crippen LogP contribution < -0.4 is 10.5 Å². The highest BCUT2D eigenvalue weighted by Crippen LogP contribution is 2.25. The fraction of sp³-hybridized carbons (Fsp3) is 0. The van der Waals surface area contributed by atoms with Crippen molar-refractivity contribution in [3.63, 3.8) is 0 Å². The molecule has 0 heterocycles. The van der Waals surface area contributed by atoms with Crippen LogP contribution in [-0.2, 0) is 10.0 Å². The van der Waals surface area contributed by atoms with Gasteiger partial charge in [-0.05, 0) is 29.7 Å². The van der Waals surface area contributed by atoms with Crippen molar-refractivity contribution in [2.45, 2.75) is 4.90 Å². The highest BCUT2D eigenvalue weighted by molar-refractivity contribution is 7.92. The molecule has 0 aromatic heterocycles. The van der Waals surface area contributed by atoms with E-state index in [4.69, 9.17) is 5.73 Å². The fourth-order valence-electron chi connectivity index (χ4n) is 2.20. The number of fused-ring (bicyclic) bond motifs is 1. The molecule has 0 atom stereocenters. The third-order valence-corrected chi connectivity index (χ3v) is 4.57. The van der Waals surface area contributed by atoms with E-state index in [0.717, 1.165) is 10.8 Å². The largest absolute Gasteiger partial charge is 0.399 e. The summed E-state index contributed by atoms with van der Waals surface area (Å²) in [5.74, 6) is 0. The number of benzene rings is 3. The van der Waals surface area contributed by atoms with E-state index in [1.807, 2.05) is 36.4 Å². The minimum absolute atomic E-state index is 0. The van der Waals surface area contributed by atoms with Gasteiger partial charge in [-0.1, -0.05) is 42.5 Å². The van der Waals surface area contributed by atoms with Crippen molar-refractivity contribution in [2.75, 3.05) is 10.5 Å². The van der Waals surface area contributed by atoms with Gasteiger partial charge in [0.2, 0.25) is 0 Å². The molecule has 0 radical (unpaired) electrons. The molecular weight excluding hydrogens is 320 g/mol. The zero-order chi connectivity index (χ0) is 14.9. The standard InChI is InChI=1S/C16H14N2O2S.ClH/c17-13-7-4-8-14(11-13)21(19,20)18-16-10-3-6-12-5-1-2-9-15(12)16;/h1-11,18H,17H2;1H. The lowest BCUT2D eigenvalue weighted by Gasteiger charge is -2.11. The number of hydrogen-bond donors (Lipinski definition) is 2. The summed E-state index contributed by atoms with van der Waals surface area (Å²) in [6.07, 6.45) is 0. The SMILES string of the molecule is Cl.Nc1cccc(S(=O)(=O)Nc2cccc3ccccc23)c1. The van der Waals surface area contributed by atoms with Crippen molar-refractivity contribution in [1.82, 2.24) is 0 Å². The van der Waals surface area contributed by atoms with Gasteiger partial charge in [0, 0.05) is 11.1 Å². The predicted molar refractivity (Wildman–Crippen MR) is 92.9 cm³/mol. The summed E-state index contributed by atoms with van der Waals surface area (Å²) < 4.78 is 27.5. The first-order valence-corrected chi connectivity index (χ1v) is 7.91. The molecule has 3 aromatic carbocycles. The highest BCUT2D eigenvalue weighted by Gasteiger charge is 2.15. The van der Waals surface area contributed by atoms with Gasteiger partial charge in [0.05, 0.1) is 10.6 Å². The highest BCUT2D eigenvalue weighted by atomic mass is 35.5. The van der Waals surface area contributed by atoms with Crippen LogP contribution in [0, 0.1) is 0 Å². The maximum atomic E-state index is 12.4. The van der Waals surface area contributed by atoms with E-state index in [9.17, 15) is 8.42 Å². The molecule has 0 bridgehead atoms. The van der Waals surface area contributed by atoms with Gasteiger partial charge in [-0.15, -0.1) is 12.4 Å². The average Bonchev–Trinajstić information content (AvgIpc) is 2.47. The Morgan fingerprint density at radius 3 is 2.32 bits per heavy atom. The molecule has 0 fully saturated rings. The van der Waals surface area contributed by atoms with E-state index in [2.05, 4.69) is 4.72 Å². The van der Waals surface area contributed by atoms with Gasteiger partial charge in [0.1, 0.15) is 0 Å². The van der Waals surface area contributed by atoms with Gasteiger partial charge in [0.25, 0.3) is 10.0 Å². The van der Waals surface area contributed by atoms with Crippen LogP contribution in [0.1, 0.15) is 0 Å². The smallest absolute Gasteiger partial charge is 0.261 e. The molecular formula is C16H15ClN2O2S. The number of nitrogens with two attached hydrogens (primary N) is 1. The molecule has 4 nitrogen and oxygen atoms in total. The van der Waals surface area contributed by atoms with E-state index in [1.165, 1.54) is 12.1 Å². The Kier molecular flexibility index (Phi) is 4.59. The number of halogens is 1. The molecule has 0 spiro atoms. The van der Waals surface area contributed by atoms with E-state index < -0.39 is 10.0 Å². The Morgan fingerprint density at radius 1 is 0.864 bits per heavy atom. The van der Waals surface area contributed by atoms with Gasteiger partial charge in [0.15, 0.2) is 0 Å². The summed E-state index contributed by atoms with van der Waals surface area (Å²) in [5.41, 5.74) is 6.61. The molecule has 3 N–H and O–H groups in total. The number of anilines is 2. The summed E-state index contributed by atoms with van der Waals surface area (Å²) in [4.78, 5) is 0.149. The first kappa shape index (κ1) is 16.1. The van der Waals surface area contributed by atoms with Crippen LogP contribution in [0.5, 0.6) is 0 Å². The van der Waals surface area contributed by atoms with E-state index in [0.29, 0.717) is 11.4 Å². The monoisotopic (exact) mass is 334 g/mol. The van der Waals surface area contributed by atoms with Crippen LogP contribution in [0.4, 0.5) is 11.4 Å². The van der Waals surface area contributed by atoms with E-state index >= 15 is 0 Å². The lowest BCUT2D eigenvalue weighted by atomic mass is 10.1. The molecule has 0 saturated carbocycles. The minimum atomic E-state index is -3.66. The summed E-state index contributed by atoms with van der Waals surface area (Å²) in [7, 11) is -3.66. The van der Waals surface area contributed by atoms with Crippen LogP contribution in [0.2, 0.25) is 0 Å². The van der Waals surface area contributed by atoms with Gasteiger partial charge >= 0.3 is 0 Å². The number of sulfonamides is 1. The first-order chi connectivity index (χ1) is 10.1. The number of rotatable bonds is 3. The molecule has 0 unspecified atom stereocenters. The van der Waals surface area contributed by atoms with Gasteiger partial charge in [-0.2, -0.15) is 0 Å². The number of nitrogen functional groups attached to an aromatic ring is 1. The zero-order valence-electron chi connectivity index (χ0n) is 11.6. The molecule has 0 amide bonds. The van der Waals surface area contributed by atoms with Crippen LogP contribution in [0.15, 0.2) is 71.6 Å². The summed E-state index contributed by atoms with van der Waals surface area (Å²) >= 11 is 0. The molecule has 0 aliphatic carbocycles. The van der Waals surface area contributed by atoms with Crippen LogP contribution >= 0.6 is 12.4 Å². The van der Waals surface area contributed by atoms with E-state index in [1.54, 1.807) is 18.2 Å². The second-order valence-electron chi connectivity index (χ2n) is 4.70. The van der Waals surface area contributed by atoms with Crippen molar-refractivity contribution in [3.8, 4) is 0 Å². The quantitative estimate of drug-likeness (QED) is 0.718. The summed E-state index contributed by atoms with van der Waals surface area (Å²) in [6.45, 7) is 0. The van der Waals surface area contributed by atoms with Crippen molar-refractivity contribution in [2.24, 2.45) is 0 Å². The summed E-state index contributed by atoms with van der Waals surface area (Å²) in [6, 6.07) is 19.3. The van der Waals surface area contributed by atoms with Crippen molar-refractivity contribution in [3.05, 3.63) is 66.7 Å². The van der Waals surface area contributed by atoms with Crippen LogP contribution in [0.25, 0.3) is 10.8 Å². The minimum Gasteiger partial charge on any atom is -0.399 e. The van der Waals surface area contributed by atoms with Crippen molar-refractivity contribution < 1.29 is 8.42 Å². The Labute approximate surface area is 135 Å². The molecule has 0 aliphatic heterocycles. The average molecular weight is 335 g/mol. The lowest BCUT2D eigenvalue weighted by Crippen LogP contribution is -2.13. The number of hydrogen-bond acceptors (Lipinski definition) is 3. The zero-order valence-corrected chi connectivity index (χ0v) is 13.2. The van der Waals surface area contributed by atoms with Crippen LogP contribution in [-0.4, -0.2) is 8.42 Å². The number of nitrogens with one attached hydrogen (secondary N) is 1. The van der Waals surface area contributed by atoms with Gasteiger partial charge in [-0.3, -0.25) is 4.72 Å². The molecule has 22 heavy (non-hydrogen) atoms. The third-order valence-electron chi connectivity index (χ3n) is 3.20. The Hall–Kier alpha value is -2.24. The molecule has 3 rings (SSSR count). The summed E-state index contributed by atoms with van der Waals surface area (Å²) in [5, 5.41) is 1.83. The van der Waals surface area contributed by atoms with E-state index in [-0.39, 0.29) is 17.3 Å². The molecule has 0 saturated heterocycles. The van der Waals surface area contributed by atoms with Crippen molar-refractivity contribution in [1.29, 1.82) is 0 Å². The maximum absolute atomic E-state index is 12.4. The maximum Gasteiger partial charge on any atom is 0.261 e. The third kappa shape index (κ3) is 3.16. The van der Waals surface area contributed by atoms with Crippen LogP contribution in [0.3, 0.4) is 0 Å². The fourth-order valence-corrected chi connectivity index (χ4v) is 3.33. The first-order valence-electron chi connectivity index (χ1n) is 6.42. The second-order valence-corrected chi connectivity index (χ2v) is 6.39. The second kappa shape index (κ2) is 6.25. The normalized spacial score (nSPS) is 10.9. The van der Waals surface area contributed by atoms with Crippen molar-refractivity contribution >= 4 is 44.6 Å². The Morgan fingerprint density at radius 2 is 1.55 bits per heavy atom. The molecule has 6 heteroatoms. The molecule has 0 aliphatic rings. The molecule has 114 valence electrons. The lowest BCUT2D eigenvalue weighted by molar-refractivity contribution is 0.601. The molecule has 3 aromatic rings. The van der Waals surface area contributed by atoms with Gasteiger partial charge < -0.3 is 5.73 Å².